The minimum absolute atomic E-state index is 0.193. The first-order chi connectivity index (χ1) is 9.58. The second-order valence-electron chi connectivity index (χ2n) is 4.16. The largest absolute Gasteiger partial charge is 0.325 e. The molecule has 0 saturated heterocycles. The molecule has 0 aliphatic heterocycles. The van der Waals surface area contributed by atoms with Crippen molar-refractivity contribution in [2.45, 2.75) is 6.42 Å². The molecule has 1 N–H and O–H groups in total. The van der Waals surface area contributed by atoms with E-state index in [2.05, 4.69) is 21.2 Å². The van der Waals surface area contributed by atoms with Gasteiger partial charge in [0.1, 0.15) is 6.07 Å². The minimum Gasteiger partial charge on any atom is -0.325 e. The van der Waals surface area contributed by atoms with Crippen LogP contribution in [-0.4, -0.2) is 5.91 Å². The van der Waals surface area contributed by atoms with E-state index in [1.54, 1.807) is 36.4 Å². The fourth-order valence-corrected chi connectivity index (χ4v) is 2.32. The van der Waals surface area contributed by atoms with Crippen molar-refractivity contribution in [2.75, 3.05) is 5.32 Å². The van der Waals surface area contributed by atoms with E-state index in [0.717, 1.165) is 10.0 Å². The lowest BCUT2D eigenvalue weighted by molar-refractivity contribution is -0.115. The Labute approximate surface area is 130 Å². The smallest absolute Gasteiger partial charge is 0.228 e. The molecule has 1 amide bonds. The number of amides is 1. The van der Waals surface area contributed by atoms with E-state index in [1.807, 2.05) is 12.1 Å². The molecule has 0 heterocycles. The van der Waals surface area contributed by atoms with Crippen molar-refractivity contribution in [1.82, 2.24) is 0 Å². The summed E-state index contributed by atoms with van der Waals surface area (Å²) in [4.78, 5) is 12.0. The Morgan fingerprint density at radius 2 is 2.10 bits per heavy atom. The summed E-state index contributed by atoms with van der Waals surface area (Å²) < 4.78 is 0.801. The monoisotopic (exact) mass is 348 g/mol. The van der Waals surface area contributed by atoms with Crippen molar-refractivity contribution in [3.05, 3.63) is 63.1 Å². The number of hydrogen-bond donors (Lipinski definition) is 1. The van der Waals surface area contributed by atoms with Gasteiger partial charge in [0, 0.05) is 9.50 Å². The molecule has 5 heteroatoms. The average molecular weight is 350 g/mol. The second kappa shape index (κ2) is 6.56. The van der Waals surface area contributed by atoms with Crippen LogP contribution in [0.25, 0.3) is 0 Å². The fraction of sp³-hybridized carbons (Fsp3) is 0.0667. The van der Waals surface area contributed by atoms with Crippen molar-refractivity contribution in [2.24, 2.45) is 0 Å². The van der Waals surface area contributed by atoms with Crippen LogP contribution in [0.1, 0.15) is 11.1 Å². The van der Waals surface area contributed by atoms with Crippen molar-refractivity contribution < 1.29 is 4.79 Å². The molecule has 0 radical (unpaired) electrons. The summed E-state index contributed by atoms with van der Waals surface area (Å²) in [6, 6.07) is 14.3. The highest BCUT2D eigenvalue weighted by molar-refractivity contribution is 9.10. The Morgan fingerprint density at radius 3 is 2.80 bits per heavy atom. The van der Waals surface area contributed by atoms with Crippen LogP contribution in [0.15, 0.2) is 46.9 Å². The predicted octanol–water partition coefficient (Wildman–Crippen LogP) is 4.16. The van der Waals surface area contributed by atoms with Gasteiger partial charge in [0.2, 0.25) is 5.91 Å². The summed E-state index contributed by atoms with van der Waals surface area (Å²) in [6.45, 7) is 0. The number of carbonyl (C=O) groups is 1. The maximum absolute atomic E-state index is 12.0. The van der Waals surface area contributed by atoms with E-state index >= 15 is 0 Å². The third kappa shape index (κ3) is 3.83. The third-order valence-electron chi connectivity index (χ3n) is 2.63. The molecule has 0 bridgehead atoms. The normalized spacial score (nSPS) is 9.85. The van der Waals surface area contributed by atoms with Gasteiger partial charge in [-0.05, 0) is 35.9 Å². The molecule has 3 nitrogen and oxygen atoms in total. The number of anilines is 1. The second-order valence-corrected chi connectivity index (χ2v) is 5.51. The van der Waals surface area contributed by atoms with Crippen LogP contribution in [0.2, 0.25) is 5.02 Å². The van der Waals surface area contributed by atoms with Crippen molar-refractivity contribution >= 4 is 39.1 Å². The Balaban J connectivity index is 2.13. The van der Waals surface area contributed by atoms with Gasteiger partial charge in [-0.3, -0.25) is 4.79 Å². The van der Waals surface area contributed by atoms with Crippen molar-refractivity contribution in [3.8, 4) is 6.07 Å². The number of hydrogen-bond acceptors (Lipinski definition) is 2. The van der Waals surface area contributed by atoms with Gasteiger partial charge in [-0.1, -0.05) is 39.7 Å². The quantitative estimate of drug-likeness (QED) is 0.905. The summed E-state index contributed by atoms with van der Waals surface area (Å²) in [5.41, 5.74) is 1.74. The Hall–Kier alpha value is -1.83. The standard InChI is InChI=1S/C15H10BrClN2O/c16-12-5-4-11(9-18)14(8-12)19-15(20)7-10-2-1-3-13(17)6-10/h1-6,8H,7H2,(H,19,20). The van der Waals surface area contributed by atoms with Crippen LogP contribution in [-0.2, 0) is 11.2 Å². The molecule has 0 saturated carbocycles. The molecular weight excluding hydrogens is 340 g/mol. The molecule has 0 aromatic heterocycles. The first-order valence-corrected chi connectivity index (χ1v) is 6.99. The number of rotatable bonds is 3. The Morgan fingerprint density at radius 1 is 1.30 bits per heavy atom. The molecular formula is C15H10BrClN2O. The first kappa shape index (κ1) is 14.6. The maximum Gasteiger partial charge on any atom is 0.228 e. The maximum atomic E-state index is 12.0. The van der Waals surface area contributed by atoms with E-state index in [9.17, 15) is 4.79 Å². The lowest BCUT2D eigenvalue weighted by Crippen LogP contribution is -2.15. The van der Waals surface area contributed by atoms with E-state index in [4.69, 9.17) is 16.9 Å². The molecule has 0 aliphatic carbocycles. The van der Waals surface area contributed by atoms with Gasteiger partial charge in [0.05, 0.1) is 17.7 Å². The molecule has 2 rings (SSSR count). The number of benzene rings is 2. The van der Waals surface area contributed by atoms with Gasteiger partial charge in [-0.25, -0.2) is 0 Å². The van der Waals surface area contributed by atoms with Crippen molar-refractivity contribution in [3.63, 3.8) is 0 Å². The zero-order chi connectivity index (χ0) is 14.5. The van der Waals surface area contributed by atoms with Crippen LogP contribution in [0.4, 0.5) is 5.69 Å². The van der Waals surface area contributed by atoms with Gasteiger partial charge >= 0.3 is 0 Å². The van der Waals surface area contributed by atoms with E-state index in [1.165, 1.54) is 0 Å². The van der Waals surface area contributed by atoms with Gasteiger partial charge in [-0.2, -0.15) is 5.26 Å². The van der Waals surface area contributed by atoms with Crippen LogP contribution >= 0.6 is 27.5 Å². The minimum atomic E-state index is -0.193. The van der Waals surface area contributed by atoms with Crippen LogP contribution in [0, 0.1) is 11.3 Å². The summed E-state index contributed by atoms with van der Waals surface area (Å²) >= 11 is 9.19. The lowest BCUT2D eigenvalue weighted by atomic mass is 10.1. The number of nitrogens with one attached hydrogen (secondary N) is 1. The zero-order valence-electron chi connectivity index (χ0n) is 10.4. The van der Waals surface area contributed by atoms with E-state index < -0.39 is 0 Å². The highest BCUT2D eigenvalue weighted by Gasteiger charge is 2.08. The molecule has 0 spiro atoms. The molecule has 0 fully saturated rings. The molecule has 2 aromatic rings. The average Bonchev–Trinajstić information content (AvgIpc) is 2.38. The molecule has 0 unspecified atom stereocenters. The van der Waals surface area contributed by atoms with Gasteiger partial charge < -0.3 is 5.32 Å². The topological polar surface area (TPSA) is 52.9 Å². The molecule has 0 aliphatic rings. The number of carbonyl (C=O) groups excluding carboxylic acids is 1. The summed E-state index contributed by atoms with van der Waals surface area (Å²) in [5, 5.41) is 12.3. The van der Waals surface area contributed by atoms with Crippen LogP contribution in [0.5, 0.6) is 0 Å². The lowest BCUT2D eigenvalue weighted by Gasteiger charge is -2.08. The predicted molar refractivity (Wildman–Crippen MR) is 82.6 cm³/mol. The first-order valence-electron chi connectivity index (χ1n) is 5.82. The van der Waals surface area contributed by atoms with E-state index in [-0.39, 0.29) is 12.3 Å². The van der Waals surface area contributed by atoms with Crippen LogP contribution in [0.3, 0.4) is 0 Å². The number of nitrogens with zero attached hydrogens (tertiary/aromatic N) is 1. The Bertz CT molecular complexity index is 695. The highest BCUT2D eigenvalue weighted by atomic mass is 79.9. The summed E-state index contributed by atoms with van der Waals surface area (Å²) in [7, 11) is 0. The highest BCUT2D eigenvalue weighted by Crippen LogP contribution is 2.21. The molecule has 0 atom stereocenters. The van der Waals surface area contributed by atoms with Crippen LogP contribution < -0.4 is 5.32 Å². The number of nitriles is 1. The fourth-order valence-electron chi connectivity index (χ4n) is 1.74. The van der Waals surface area contributed by atoms with Gasteiger partial charge in [-0.15, -0.1) is 0 Å². The summed E-state index contributed by atoms with van der Waals surface area (Å²) in [5.74, 6) is -0.193. The third-order valence-corrected chi connectivity index (χ3v) is 3.36. The van der Waals surface area contributed by atoms with Gasteiger partial charge in [0.15, 0.2) is 0 Å². The van der Waals surface area contributed by atoms with E-state index in [0.29, 0.717) is 16.3 Å². The summed E-state index contributed by atoms with van der Waals surface area (Å²) in [6.07, 6.45) is 0.206. The Kier molecular flexibility index (Phi) is 4.78. The molecule has 100 valence electrons. The van der Waals surface area contributed by atoms with Crippen molar-refractivity contribution in [1.29, 1.82) is 5.26 Å². The molecule has 20 heavy (non-hydrogen) atoms. The number of halogens is 2. The van der Waals surface area contributed by atoms with Gasteiger partial charge in [0.25, 0.3) is 0 Å². The molecule has 2 aromatic carbocycles. The SMILES string of the molecule is N#Cc1ccc(Br)cc1NC(=O)Cc1cccc(Cl)c1. The zero-order valence-corrected chi connectivity index (χ0v) is 12.7.